The summed E-state index contributed by atoms with van der Waals surface area (Å²) in [7, 11) is -3.24. The molecule has 0 bridgehead atoms. The van der Waals surface area contributed by atoms with Gasteiger partial charge in [0.05, 0.1) is 0 Å². The van der Waals surface area contributed by atoms with Crippen LogP contribution in [0.1, 0.15) is 32.1 Å². The molecular weight excluding hydrogens is 276 g/mol. The second kappa shape index (κ2) is 7.70. The third kappa shape index (κ3) is 4.14. The zero-order valence-electron chi connectivity index (χ0n) is 12.3. The molecule has 0 radical (unpaired) electrons. The van der Waals surface area contributed by atoms with Crippen molar-refractivity contribution < 1.29 is 8.42 Å². The van der Waals surface area contributed by atoms with Crippen LogP contribution >= 0.6 is 0 Å². The van der Waals surface area contributed by atoms with E-state index in [0.29, 0.717) is 32.7 Å². The lowest BCUT2D eigenvalue weighted by molar-refractivity contribution is 0.180. The van der Waals surface area contributed by atoms with Crippen molar-refractivity contribution in [3.8, 4) is 0 Å². The molecule has 2 saturated heterocycles. The number of rotatable bonds is 5. The van der Waals surface area contributed by atoms with Crippen LogP contribution in [-0.2, 0) is 10.2 Å². The molecule has 2 fully saturated rings. The standard InChI is InChI=1S/C13H28N4O2S/c14-6-5-7-15-10-12-17(13-11-15)20(18,19)16-8-3-1-2-4-9-16/h1-14H2. The molecule has 2 rings (SSSR count). The van der Waals surface area contributed by atoms with E-state index in [2.05, 4.69) is 4.90 Å². The van der Waals surface area contributed by atoms with Crippen molar-refractivity contribution in [2.75, 3.05) is 52.4 Å². The lowest BCUT2D eigenvalue weighted by Crippen LogP contribution is -2.53. The van der Waals surface area contributed by atoms with Gasteiger partial charge >= 0.3 is 0 Å². The molecule has 2 aliphatic heterocycles. The fourth-order valence-corrected chi connectivity index (χ4v) is 4.61. The van der Waals surface area contributed by atoms with Crippen LogP contribution in [0.15, 0.2) is 0 Å². The average Bonchev–Trinajstić information content (AvgIpc) is 2.75. The van der Waals surface area contributed by atoms with Gasteiger partial charge in [0.2, 0.25) is 0 Å². The van der Waals surface area contributed by atoms with Crippen molar-refractivity contribution in [3.05, 3.63) is 0 Å². The predicted molar refractivity (Wildman–Crippen MR) is 80.6 cm³/mol. The van der Waals surface area contributed by atoms with Gasteiger partial charge in [-0.2, -0.15) is 17.0 Å². The lowest BCUT2D eigenvalue weighted by atomic mass is 10.2. The zero-order valence-corrected chi connectivity index (χ0v) is 13.2. The Morgan fingerprint density at radius 3 is 1.90 bits per heavy atom. The molecule has 0 amide bonds. The van der Waals surface area contributed by atoms with E-state index < -0.39 is 10.2 Å². The fraction of sp³-hybridized carbons (Fsp3) is 1.00. The van der Waals surface area contributed by atoms with Crippen molar-refractivity contribution in [2.24, 2.45) is 5.73 Å². The van der Waals surface area contributed by atoms with Crippen molar-refractivity contribution in [3.63, 3.8) is 0 Å². The highest BCUT2D eigenvalue weighted by molar-refractivity contribution is 7.86. The number of nitrogens with zero attached hydrogens (tertiary/aromatic N) is 3. The van der Waals surface area contributed by atoms with Crippen LogP contribution in [0.2, 0.25) is 0 Å². The van der Waals surface area contributed by atoms with E-state index in [0.717, 1.165) is 51.7 Å². The molecular formula is C13H28N4O2S. The molecule has 2 aliphatic rings. The Bertz CT molecular complexity index is 372. The summed E-state index contributed by atoms with van der Waals surface area (Å²) in [4.78, 5) is 2.31. The first-order chi connectivity index (χ1) is 9.64. The number of hydrogen-bond acceptors (Lipinski definition) is 4. The van der Waals surface area contributed by atoms with Crippen LogP contribution in [0, 0.1) is 0 Å². The molecule has 0 aromatic heterocycles. The van der Waals surface area contributed by atoms with E-state index in [4.69, 9.17) is 5.73 Å². The van der Waals surface area contributed by atoms with Gasteiger partial charge in [-0.15, -0.1) is 0 Å². The van der Waals surface area contributed by atoms with E-state index in [-0.39, 0.29) is 0 Å². The predicted octanol–water partition coefficient (Wildman–Crippen LogP) is 0.0736. The summed E-state index contributed by atoms with van der Waals surface area (Å²) in [6.45, 7) is 5.94. The van der Waals surface area contributed by atoms with E-state index in [1.165, 1.54) is 0 Å². The topological polar surface area (TPSA) is 69.9 Å². The summed E-state index contributed by atoms with van der Waals surface area (Å²) in [5.41, 5.74) is 5.51. The van der Waals surface area contributed by atoms with Crippen LogP contribution in [0.5, 0.6) is 0 Å². The maximum atomic E-state index is 12.6. The van der Waals surface area contributed by atoms with E-state index in [1.807, 2.05) is 0 Å². The van der Waals surface area contributed by atoms with Gasteiger partial charge < -0.3 is 10.6 Å². The lowest BCUT2D eigenvalue weighted by Gasteiger charge is -2.36. The van der Waals surface area contributed by atoms with Gasteiger partial charge in [-0.05, 0) is 32.4 Å². The summed E-state index contributed by atoms with van der Waals surface area (Å²) >= 11 is 0. The molecule has 118 valence electrons. The second-order valence-corrected chi connectivity index (χ2v) is 7.63. The molecule has 0 saturated carbocycles. The van der Waals surface area contributed by atoms with Crippen LogP contribution in [0.3, 0.4) is 0 Å². The minimum atomic E-state index is -3.24. The normalized spacial score (nSPS) is 24.6. The molecule has 0 atom stereocenters. The van der Waals surface area contributed by atoms with Gasteiger partial charge in [-0.1, -0.05) is 12.8 Å². The number of nitrogens with two attached hydrogens (primary N) is 1. The van der Waals surface area contributed by atoms with Gasteiger partial charge in [0, 0.05) is 39.3 Å². The van der Waals surface area contributed by atoms with Gasteiger partial charge in [-0.3, -0.25) is 0 Å². The maximum Gasteiger partial charge on any atom is 0.282 e. The molecule has 0 spiro atoms. The summed E-state index contributed by atoms with van der Waals surface area (Å²) in [5.74, 6) is 0. The average molecular weight is 304 g/mol. The first-order valence-electron chi connectivity index (χ1n) is 7.82. The monoisotopic (exact) mass is 304 g/mol. The largest absolute Gasteiger partial charge is 0.330 e. The highest BCUT2D eigenvalue weighted by Gasteiger charge is 2.32. The quantitative estimate of drug-likeness (QED) is 0.780. The summed E-state index contributed by atoms with van der Waals surface area (Å²) in [6.07, 6.45) is 5.28. The molecule has 2 N–H and O–H groups in total. The third-order valence-electron chi connectivity index (χ3n) is 4.23. The Kier molecular flexibility index (Phi) is 6.22. The van der Waals surface area contributed by atoms with Crippen LogP contribution < -0.4 is 5.73 Å². The summed E-state index contributed by atoms with van der Waals surface area (Å²) in [5, 5.41) is 0. The number of hydrogen-bond donors (Lipinski definition) is 1. The van der Waals surface area contributed by atoms with Crippen molar-refractivity contribution >= 4 is 10.2 Å². The Morgan fingerprint density at radius 1 is 0.800 bits per heavy atom. The van der Waals surface area contributed by atoms with Crippen LogP contribution in [0.25, 0.3) is 0 Å². The fourth-order valence-electron chi connectivity index (χ4n) is 2.93. The molecule has 0 unspecified atom stereocenters. The van der Waals surface area contributed by atoms with Gasteiger partial charge in [0.25, 0.3) is 10.2 Å². The molecule has 7 heteroatoms. The Labute approximate surface area is 123 Å². The van der Waals surface area contributed by atoms with Crippen LogP contribution in [-0.4, -0.2) is 74.3 Å². The van der Waals surface area contributed by atoms with Crippen molar-refractivity contribution in [2.45, 2.75) is 32.1 Å². The first-order valence-corrected chi connectivity index (χ1v) is 9.22. The second-order valence-electron chi connectivity index (χ2n) is 5.70. The van der Waals surface area contributed by atoms with Crippen LogP contribution in [0.4, 0.5) is 0 Å². The van der Waals surface area contributed by atoms with E-state index in [9.17, 15) is 8.42 Å². The van der Waals surface area contributed by atoms with Crippen molar-refractivity contribution in [1.29, 1.82) is 0 Å². The molecule has 2 heterocycles. The Balaban J connectivity index is 1.87. The van der Waals surface area contributed by atoms with Gasteiger partial charge in [-0.25, -0.2) is 0 Å². The maximum absolute atomic E-state index is 12.6. The Morgan fingerprint density at radius 2 is 1.35 bits per heavy atom. The van der Waals surface area contributed by atoms with E-state index in [1.54, 1.807) is 8.61 Å². The van der Waals surface area contributed by atoms with Crippen molar-refractivity contribution in [1.82, 2.24) is 13.5 Å². The Hall–Kier alpha value is -0.210. The molecule has 0 aromatic rings. The highest BCUT2D eigenvalue weighted by atomic mass is 32.2. The molecule has 0 aromatic carbocycles. The van der Waals surface area contributed by atoms with Gasteiger partial charge in [0.1, 0.15) is 0 Å². The SMILES string of the molecule is NCCCN1CCN(S(=O)(=O)N2CCCCCC2)CC1. The molecule has 20 heavy (non-hydrogen) atoms. The first kappa shape index (κ1) is 16.2. The minimum Gasteiger partial charge on any atom is -0.330 e. The molecule has 0 aliphatic carbocycles. The summed E-state index contributed by atoms with van der Waals surface area (Å²) in [6, 6.07) is 0. The zero-order chi connectivity index (χ0) is 14.4. The highest BCUT2D eigenvalue weighted by Crippen LogP contribution is 2.17. The minimum absolute atomic E-state index is 0.614. The van der Waals surface area contributed by atoms with E-state index >= 15 is 0 Å². The van der Waals surface area contributed by atoms with Gasteiger partial charge in [0.15, 0.2) is 0 Å². The summed E-state index contributed by atoms with van der Waals surface area (Å²) < 4.78 is 28.6. The third-order valence-corrected chi connectivity index (χ3v) is 6.26. The number of piperazine rings is 1. The molecule has 6 nitrogen and oxygen atoms in total. The smallest absolute Gasteiger partial charge is 0.282 e.